The van der Waals surface area contributed by atoms with Crippen molar-refractivity contribution in [1.82, 2.24) is 4.98 Å². The highest BCUT2D eigenvalue weighted by atomic mass is 16.6. The van der Waals surface area contributed by atoms with Gasteiger partial charge in [-0.3, -0.25) is 10.1 Å². The molecule has 1 fully saturated rings. The minimum absolute atomic E-state index is 0.0586. The fraction of sp³-hybridized carbons (Fsp3) is 0.583. The Morgan fingerprint density at radius 2 is 2.18 bits per heavy atom. The number of nitro groups is 1. The molecule has 1 saturated carbocycles. The van der Waals surface area contributed by atoms with Crippen molar-refractivity contribution in [2.45, 2.75) is 32.1 Å². The molecule has 1 aliphatic carbocycles. The lowest BCUT2D eigenvalue weighted by Gasteiger charge is -2.21. The van der Waals surface area contributed by atoms with Gasteiger partial charge >= 0.3 is 5.69 Å². The first-order chi connectivity index (χ1) is 8.27. The molecular weight excluding hydrogens is 218 g/mol. The van der Waals surface area contributed by atoms with Gasteiger partial charge in [0.15, 0.2) is 0 Å². The van der Waals surface area contributed by atoms with E-state index < -0.39 is 4.92 Å². The molecule has 2 rings (SSSR count). The van der Waals surface area contributed by atoms with Crippen LogP contribution in [0.3, 0.4) is 0 Å². The molecule has 1 aromatic rings. The number of rotatable bonds is 4. The minimum Gasteiger partial charge on any atom is -0.364 e. The first-order valence-corrected chi connectivity index (χ1v) is 6.10. The summed E-state index contributed by atoms with van der Waals surface area (Å²) in [6.07, 6.45) is 7.88. The van der Waals surface area contributed by atoms with Crippen LogP contribution in [-0.4, -0.2) is 16.5 Å². The summed E-state index contributed by atoms with van der Waals surface area (Å²) < 4.78 is 0. The minimum atomic E-state index is -0.393. The van der Waals surface area contributed by atoms with Crippen LogP contribution in [0.2, 0.25) is 0 Å². The van der Waals surface area contributed by atoms with E-state index in [-0.39, 0.29) is 5.69 Å². The standard InChI is InChI=1S/C12H17N3O2/c16-15(17)11-7-4-8-13-12(11)14-9-10-5-2-1-3-6-10/h4,7-8,10H,1-3,5-6,9H2,(H,13,14). The van der Waals surface area contributed by atoms with E-state index in [2.05, 4.69) is 10.3 Å². The van der Waals surface area contributed by atoms with Crippen LogP contribution in [0.4, 0.5) is 11.5 Å². The lowest BCUT2D eigenvalue weighted by Crippen LogP contribution is -2.18. The highest BCUT2D eigenvalue weighted by molar-refractivity contribution is 5.54. The van der Waals surface area contributed by atoms with Crippen molar-refractivity contribution >= 4 is 11.5 Å². The Morgan fingerprint density at radius 3 is 2.88 bits per heavy atom. The summed E-state index contributed by atoms with van der Waals surface area (Å²) in [4.78, 5) is 14.4. The number of nitrogens with zero attached hydrogens (tertiary/aromatic N) is 2. The summed E-state index contributed by atoms with van der Waals surface area (Å²) in [6.45, 7) is 0.790. The Bertz CT molecular complexity index is 389. The van der Waals surface area contributed by atoms with Crippen molar-refractivity contribution < 1.29 is 4.92 Å². The second-order valence-corrected chi connectivity index (χ2v) is 4.51. The number of hydrogen-bond acceptors (Lipinski definition) is 4. The van der Waals surface area contributed by atoms with Crippen LogP contribution in [0.1, 0.15) is 32.1 Å². The molecule has 0 atom stereocenters. The first-order valence-electron chi connectivity index (χ1n) is 6.10. The third-order valence-corrected chi connectivity index (χ3v) is 3.27. The molecule has 1 aromatic heterocycles. The van der Waals surface area contributed by atoms with E-state index in [1.807, 2.05) is 0 Å². The van der Waals surface area contributed by atoms with Crippen LogP contribution in [0.15, 0.2) is 18.3 Å². The van der Waals surface area contributed by atoms with Gasteiger partial charge in [0, 0.05) is 18.8 Å². The quantitative estimate of drug-likeness (QED) is 0.643. The van der Waals surface area contributed by atoms with Crippen LogP contribution in [-0.2, 0) is 0 Å². The number of nitrogens with one attached hydrogen (secondary N) is 1. The molecule has 1 N–H and O–H groups in total. The van der Waals surface area contributed by atoms with E-state index >= 15 is 0 Å². The fourth-order valence-electron chi connectivity index (χ4n) is 2.31. The average Bonchev–Trinajstić information content (AvgIpc) is 2.38. The molecule has 5 nitrogen and oxygen atoms in total. The van der Waals surface area contributed by atoms with Crippen LogP contribution < -0.4 is 5.32 Å². The smallest absolute Gasteiger partial charge is 0.311 e. The second-order valence-electron chi connectivity index (χ2n) is 4.51. The van der Waals surface area contributed by atoms with Gasteiger partial charge in [-0.05, 0) is 24.8 Å². The largest absolute Gasteiger partial charge is 0.364 e. The summed E-state index contributed by atoms with van der Waals surface area (Å²) in [5.41, 5.74) is 0.0586. The molecule has 92 valence electrons. The third-order valence-electron chi connectivity index (χ3n) is 3.27. The zero-order valence-corrected chi connectivity index (χ0v) is 9.76. The van der Waals surface area contributed by atoms with Crippen LogP contribution in [0.5, 0.6) is 0 Å². The Labute approximate surface area is 100 Å². The third kappa shape index (κ3) is 3.15. The van der Waals surface area contributed by atoms with Gasteiger partial charge in [-0.15, -0.1) is 0 Å². The molecule has 0 unspecified atom stereocenters. The van der Waals surface area contributed by atoms with E-state index in [1.54, 1.807) is 12.3 Å². The SMILES string of the molecule is O=[N+]([O-])c1cccnc1NCC1CCCCC1. The van der Waals surface area contributed by atoms with Crippen LogP contribution >= 0.6 is 0 Å². The lowest BCUT2D eigenvalue weighted by atomic mass is 9.89. The fourth-order valence-corrected chi connectivity index (χ4v) is 2.31. The number of pyridine rings is 1. The molecule has 0 saturated heterocycles. The van der Waals surface area contributed by atoms with Crippen LogP contribution in [0, 0.1) is 16.0 Å². The first kappa shape index (κ1) is 11.8. The molecule has 0 spiro atoms. The molecule has 5 heteroatoms. The number of aromatic nitrogens is 1. The van der Waals surface area contributed by atoms with Crippen molar-refractivity contribution in [1.29, 1.82) is 0 Å². The molecule has 0 aromatic carbocycles. The van der Waals surface area contributed by atoms with Crippen molar-refractivity contribution in [3.8, 4) is 0 Å². The van der Waals surface area contributed by atoms with Gasteiger partial charge in [-0.1, -0.05) is 19.3 Å². The van der Waals surface area contributed by atoms with Gasteiger partial charge < -0.3 is 5.32 Å². The molecule has 1 heterocycles. The lowest BCUT2D eigenvalue weighted by molar-refractivity contribution is -0.384. The zero-order valence-electron chi connectivity index (χ0n) is 9.76. The Balaban J connectivity index is 1.96. The van der Waals surface area contributed by atoms with Crippen molar-refractivity contribution in [3.05, 3.63) is 28.4 Å². The Morgan fingerprint density at radius 1 is 1.41 bits per heavy atom. The molecule has 17 heavy (non-hydrogen) atoms. The Kier molecular flexibility index (Phi) is 3.90. The summed E-state index contributed by atoms with van der Waals surface area (Å²) in [6, 6.07) is 3.07. The van der Waals surface area contributed by atoms with Gasteiger partial charge in [0.25, 0.3) is 0 Å². The highest BCUT2D eigenvalue weighted by Gasteiger charge is 2.17. The summed E-state index contributed by atoms with van der Waals surface area (Å²) in [7, 11) is 0. The molecule has 0 radical (unpaired) electrons. The highest BCUT2D eigenvalue weighted by Crippen LogP contribution is 2.25. The van der Waals surface area contributed by atoms with Gasteiger partial charge in [0.1, 0.15) is 0 Å². The normalized spacial score (nSPS) is 16.7. The second kappa shape index (κ2) is 5.61. The maximum absolute atomic E-state index is 10.8. The monoisotopic (exact) mass is 235 g/mol. The zero-order chi connectivity index (χ0) is 12.1. The average molecular weight is 235 g/mol. The Hall–Kier alpha value is -1.65. The summed E-state index contributed by atoms with van der Waals surface area (Å²) in [5.74, 6) is 1.02. The van der Waals surface area contributed by atoms with Crippen LogP contribution in [0.25, 0.3) is 0 Å². The summed E-state index contributed by atoms with van der Waals surface area (Å²) >= 11 is 0. The molecular formula is C12H17N3O2. The van der Waals surface area contributed by atoms with E-state index in [0.717, 1.165) is 6.54 Å². The van der Waals surface area contributed by atoms with Gasteiger partial charge in [-0.25, -0.2) is 4.98 Å². The van der Waals surface area contributed by atoms with E-state index in [9.17, 15) is 10.1 Å². The van der Waals surface area contributed by atoms with E-state index in [1.165, 1.54) is 38.2 Å². The molecule has 0 aliphatic heterocycles. The van der Waals surface area contributed by atoms with Gasteiger partial charge in [0.05, 0.1) is 4.92 Å². The van der Waals surface area contributed by atoms with Crippen molar-refractivity contribution in [2.24, 2.45) is 5.92 Å². The maximum atomic E-state index is 10.8. The predicted octanol–water partition coefficient (Wildman–Crippen LogP) is 2.98. The predicted molar refractivity (Wildman–Crippen MR) is 66.0 cm³/mol. The summed E-state index contributed by atoms with van der Waals surface area (Å²) in [5, 5.41) is 13.9. The topological polar surface area (TPSA) is 68.1 Å². The molecule has 0 amide bonds. The maximum Gasteiger partial charge on any atom is 0.311 e. The van der Waals surface area contributed by atoms with E-state index in [0.29, 0.717) is 11.7 Å². The molecule has 1 aliphatic rings. The van der Waals surface area contributed by atoms with Crippen molar-refractivity contribution in [2.75, 3.05) is 11.9 Å². The van der Waals surface area contributed by atoms with Gasteiger partial charge in [-0.2, -0.15) is 0 Å². The van der Waals surface area contributed by atoms with Crippen molar-refractivity contribution in [3.63, 3.8) is 0 Å². The van der Waals surface area contributed by atoms with Gasteiger partial charge in [0.2, 0.25) is 5.82 Å². The number of anilines is 1. The molecule has 0 bridgehead atoms. The number of hydrogen-bond donors (Lipinski definition) is 1. The van der Waals surface area contributed by atoms with E-state index in [4.69, 9.17) is 0 Å².